The molecule has 0 N–H and O–H groups in total. The number of pyridine rings is 1. The minimum Gasteiger partial charge on any atom is -0.353 e. The highest BCUT2D eigenvalue weighted by Gasteiger charge is 2.31. The fraction of sp³-hybridized carbons (Fsp3) is 0.545. The van der Waals surface area contributed by atoms with Gasteiger partial charge in [0, 0.05) is 24.7 Å². The molecule has 1 rings (SSSR count). The third kappa shape index (κ3) is 3.77. The van der Waals surface area contributed by atoms with Crippen LogP contribution in [0, 0.1) is 0 Å². The lowest BCUT2D eigenvalue weighted by molar-refractivity contribution is -0.137. The number of anilines is 1. The predicted octanol–water partition coefficient (Wildman–Crippen LogP) is 3.55. The summed E-state index contributed by atoms with van der Waals surface area (Å²) < 4.78 is 37.6. The molecule has 1 aromatic heterocycles. The Bertz CT molecular complexity index is 366. The average molecular weight is 267 g/mol. The quantitative estimate of drug-likeness (QED) is 0.775. The Morgan fingerprint density at radius 2 is 2.06 bits per heavy atom. The van der Waals surface area contributed by atoms with Gasteiger partial charge < -0.3 is 4.90 Å². The van der Waals surface area contributed by atoms with Crippen molar-refractivity contribution in [2.24, 2.45) is 0 Å². The van der Waals surface area contributed by atoms with Crippen LogP contribution >= 0.6 is 11.6 Å². The van der Waals surface area contributed by atoms with Crippen LogP contribution in [-0.4, -0.2) is 23.5 Å². The summed E-state index contributed by atoms with van der Waals surface area (Å²) in [5.74, 6) is 0.645. The number of nitrogens with zero attached hydrogens (tertiary/aromatic N) is 2. The molecule has 0 bridgehead atoms. The molecule has 6 heteroatoms. The maximum atomic E-state index is 12.5. The van der Waals surface area contributed by atoms with E-state index in [0.717, 1.165) is 12.1 Å². The van der Waals surface area contributed by atoms with Crippen molar-refractivity contribution in [3.8, 4) is 0 Å². The van der Waals surface area contributed by atoms with Crippen LogP contribution < -0.4 is 4.90 Å². The first-order valence-corrected chi connectivity index (χ1v) is 5.75. The summed E-state index contributed by atoms with van der Waals surface area (Å²) in [5, 5.41) is 0. The van der Waals surface area contributed by atoms with Gasteiger partial charge in [0.1, 0.15) is 5.82 Å². The standard InChI is InChI=1S/C11H14ClF3N2/c1-8(2)17(6-4-12)10-7-9(3-5-16-10)11(13,14)15/h3,5,7-8H,4,6H2,1-2H3. The SMILES string of the molecule is CC(C)N(CCCl)c1cc(C(F)(F)F)ccn1. The Balaban J connectivity index is 3.04. The molecule has 0 saturated heterocycles. The van der Waals surface area contributed by atoms with Crippen molar-refractivity contribution >= 4 is 17.4 Å². The van der Waals surface area contributed by atoms with Crippen LogP contribution in [0.3, 0.4) is 0 Å². The Morgan fingerprint density at radius 1 is 1.41 bits per heavy atom. The summed E-state index contributed by atoms with van der Waals surface area (Å²) in [7, 11) is 0. The normalized spacial score (nSPS) is 11.9. The number of hydrogen-bond acceptors (Lipinski definition) is 2. The van der Waals surface area contributed by atoms with Gasteiger partial charge in [0.15, 0.2) is 0 Å². The average Bonchev–Trinajstić information content (AvgIpc) is 2.24. The van der Waals surface area contributed by atoms with E-state index in [2.05, 4.69) is 4.98 Å². The lowest BCUT2D eigenvalue weighted by Gasteiger charge is -2.27. The van der Waals surface area contributed by atoms with E-state index < -0.39 is 11.7 Å². The first kappa shape index (κ1) is 14.1. The molecule has 96 valence electrons. The predicted molar refractivity (Wildman–Crippen MR) is 62.4 cm³/mol. The molecule has 0 radical (unpaired) electrons. The zero-order valence-electron chi connectivity index (χ0n) is 9.63. The topological polar surface area (TPSA) is 16.1 Å². The summed E-state index contributed by atoms with van der Waals surface area (Å²) in [6, 6.07) is 2.06. The first-order valence-electron chi connectivity index (χ1n) is 5.22. The molecule has 0 spiro atoms. The Kier molecular flexibility index (Phi) is 4.62. The van der Waals surface area contributed by atoms with Gasteiger partial charge in [-0.3, -0.25) is 0 Å². The van der Waals surface area contributed by atoms with E-state index in [1.165, 1.54) is 6.20 Å². The van der Waals surface area contributed by atoms with E-state index in [0.29, 0.717) is 18.2 Å². The summed E-state index contributed by atoms with van der Waals surface area (Å²) >= 11 is 5.63. The summed E-state index contributed by atoms with van der Waals surface area (Å²) in [4.78, 5) is 5.70. The maximum absolute atomic E-state index is 12.5. The van der Waals surface area contributed by atoms with Crippen LogP contribution in [-0.2, 0) is 6.18 Å². The molecule has 0 fully saturated rings. The highest BCUT2D eigenvalue weighted by Crippen LogP contribution is 2.30. The van der Waals surface area contributed by atoms with Crippen LogP contribution in [0.1, 0.15) is 19.4 Å². The number of halogens is 4. The van der Waals surface area contributed by atoms with Crippen LogP contribution in [0.15, 0.2) is 18.3 Å². The van der Waals surface area contributed by atoms with Crippen molar-refractivity contribution in [2.75, 3.05) is 17.3 Å². The largest absolute Gasteiger partial charge is 0.416 e. The summed E-state index contributed by atoms with van der Waals surface area (Å²) in [6.07, 6.45) is -3.18. The lowest BCUT2D eigenvalue weighted by atomic mass is 10.2. The number of aromatic nitrogens is 1. The van der Waals surface area contributed by atoms with E-state index in [1.54, 1.807) is 4.90 Å². The van der Waals surface area contributed by atoms with E-state index in [-0.39, 0.29) is 6.04 Å². The molecule has 0 aliphatic carbocycles. The Labute approximate surface area is 103 Å². The molecule has 17 heavy (non-hydrogen) atoms. The van der Waals surface area contributed by atoms with Crippen molar-refractivity contribution in [3.05, 3.63) is 23.9 Å². The van der Waals surface area contributed by atoms with Crippen LogP contribution in [0.5, 0.6) is 0 Å². The van der Waals surface area contributed by atoms with Gasteiger partial charge in [-0.15, -0.1) is 11.6 Å². The fourth-order valence-corrected chi connectivity index (χ4v) is 1.66. The zero-order valence-corrected chi connectivity index (χ0v) is 10.4. The van der Waals surface area contributed by atoms with Crippen molar-refractivity contribution in [2.45, 2.75) is 26.1 Å². The van der Waals surface area contributed by atoms with Crippen molar-refractivity contribution < 1.29 is 13.2 Å². The highest BCUT2D eigenvalue weighted by molar-refractivity contribution is 6.18. The van der Waals surface area contributed by atoms with E-state index >= 15 is 0 Å². The maximum Gasteiger partial charge on any atom is 0.416 e. The van der Waals surface area contributed by atoms with Crippen molar-refractivity contribution in [1.29, 1.82) is 0 Å². The number of rotatable bonds is 4. The molecule has 2 nitrogen and oxygen atoms in total. The number of hydrogen-bond donors (Lipinski definition) is 0. The second-order valence-corrected chi connectivity index (χ2v) is 4.25. The van der Waals surface area contributed by atoms with Gasteiger partial charge in [-0.2, -0.15) is 13.2 Å². The van der Waals surface area contributed by atoms with Gasteiger partial charge >= 0.3 is 6.18 Å². The minimum atomic E-state index is -4.35. The molecule has 0 atom stereocenters. The van der Waals surface area contributed by atoms with Crippen LogP contribution in [0.4, 0.5) is 19.0 Å². The van der Waals surface area contributed by atoms with Gasteiger partial charge in [-0.1, -0.05) is 0 Å². The van der Waals surface area contributed by atoms with Gasteiger partial charge in [0.25, 0.3) is 0 Å². The fourth-order valence-electron chi connectivity index (χ4n) is 1.48. The van der Waals surface area contributed by atoms with Gasteiger partial charge in [-0.25, -0.2) is 4.98 Å². The van der Waals surface area contributed by atoms with Gasteiger partial charge in [0.2, 0.25) is 0 Å². The van der Waals surface area contributed by atoms with Crippen molar-refractivity contribution in [1.82, 2.24) is 4.98 Å². The number of alkyl halides is 4. The van der Waals surface area contributed by atoms with Gasteiger partial charge in [0.05, 0.1) is 5.56 Å². The third-order valence-corrected chi connectivity index (χ3v) is 2.48. The minimum absolute atomic E-state index is 0.0460. The molecule has 0 aliphatic heterocycles. The molecule has 0 saturated carbocycles. The van der Waals surface area contributed by atoms with E-state index in [1.807, 2.05) is 13.8 Å². The zero-order chi connectivity index (χ0) is 13.1. The molecule has 0 aliphatic rings. The van der Waals surface area contributed by atoms with E-state index in [4.69, 9.17) is 11.6 Å². The Morgan fingerprint density at radius 3 is 2.53 bits per heavy atom. The van der Waals surface area contributed by atoms with Crippen molar-refractivity contribution in [3.63, 3.8) is 0 Å². The molecule has 1 aromatic rings. The molecule has 0 aromatic carbocycles. The van der Waals surface area contributed by atoms with Crippen LogP contribution in [0.2, 0.25) is 0 Å². The third-order valence-electron chi connectivity index (χ3n) is 2.32. The molecular formula is C11H14ClF3N2. The molecule has 0 amide bonds. The molecule has 0 unspecified atom stereocenters. The smallest absolute Gasteiger partial charge is 0.353 e. The second kappa shape index (κ2) is 5.58. The second-order valence-electron chi connectivity index (χ2n) is 3.88. The van der Waals surface area contributed by atoms with E-state index in [9.17, 15) is 13.2 Å². The summed E-state index contributed by atoms with van der Waals surface area (Å²) in [6.45, 7) is 4.23. The van der Waals surface area contributed by atoms with Crippen LogP contribution in [0.25, 0.3) is 0 Å². The lowest BCUT2D eigenvalue weighted by Crippen LogP contribution is -2.33. The first-order chi connectivity index (χ1) is 7.86. The van der Waals surface area contributed by atoms with Gasteiger partial charge in [-0.05, 0) is 26.0 Å². The monoisotopic (exact) mass is 266 g/mol. The summed E-state index contributed by atoms with van der Waals surface area (Å²) in [5.41, 5.74) is -0.692. The Hall–Kier alpha value is -0.970. The molecule has 1 heterocycles. The highest BCUT2D eigenvalue weighted by atomic mass is 35.5. The molecular weight excluding hydrogens is 253 g/mol.